The largest absolute Gasteiger partial charge is 0.310 e. The first-order valence-electron chi connectivity index (χ1n) is 6.63. The summed E-state index contributed by atoms with van der Waals surface area (Å²) >= 11 is 0. The van der Waals surface area contributed by atoms with Gasteiger partial charge < -0.3 is 5.32 Å². The lowest BCUT2D eigenvalue weighted by Crippen LogP contribution is -2.52. The SMILES string of the molecule is CC1(C)C2CC=C(C3CCCCN3)C1C2. The molecule has 1 saturated carbocycles. The fourth-order valence-corrected chi connectivity index (χ4v) is 3.92. The van der Waals surface area contributed by atoms with Gasteiger partial charge in [0.1, 0.15) is 0 Å². The van der Waals surface area contributed by atoms with E-state index in [2.05, 4.69) is 25.2 Å². The highest BCUT2D eigenvalue weighted by Crippen LogP contribution is 2.60. The second-order valence-electron chi connectivity index (χ2n) is 6.25. The van der Waals surface area contributed by atoms with Crippen LogP contribution in [0.15, 0.2) is 11.6 Å². The van der Waals surface area contributed by atoms with Crippen LogP contribution in [0.2, 0.25) is 0 Å². The zero-order chi connectivity index (χ0) is 10.5. The third-order valence-corrected chi connectivity index (χ3v) is 5.22. The van der Waals surface area contributed by atoms with Crippen molar-refractivity contribution in [3.8, 4) is 0 Å². The Kier molecular flexibility index (Phi) is 2.21. The highest BCUT2D eigenvalue weighted by Gasteiger charge is 2.52. The third kappa shape index (κ3) is 1.39. The van der Waals surface area contributed by atoms with E-state index in [1.807, 2.05) is 0 Å². The summed E-state index contributed by atoms with van der Waals surface area (Å²) in [7, 11) is 0. The lowest BCUT2D eigenvalue weighted by atomic mass is 9.48. The third-order valence-electron chi connectivity index (χ3n) is 5.22. The Balaban J connectivity index is 1.78. The van der Waals surface area contributed by atoms with E-state index in [-0.39, 0.29) is 0 Å². The molecule has 4 rings (SSSR count). The molecule has 0 aromatic rings. The predicted octanol–water partition coefficient (Wildman–Crippen LogP) is 3.12. The number of rotatable bonds is 1. The van der Waals surface area contributed by atoms with Gasteiger partial charge in [-0.15, -0.1) is 0 Å². The van der Waals surface area contributed by atoms with Gasteiger partial charge in [-0.25, -0.2) is 0 Å². The predicted molar refractivity (Wildman–Crippen MR) is 63.7 cm³/mol. The number of piperidine rings is 1. The van der Waals surface area contributed by atoms with Crippen molar-refractivity contribution >= 4 is 0 Å². The van der Waals surface area contributed by atoms with Crippen LogP contribution in [0.3, 0.4) is 0 Å². The molecule has 1 aliphatic heterocycles. The number of hydrogen-bond acceptors (Lipinski definition) is 1. The molecular weight excluding hydrogens is 182 g/mol. The smallest absolute Gasteiger partial charge is 0.0282 e. The Bertz CT molecular complexity index is 284. The molecule has 1 nitrogen and oxygen atoms in total. The van der Waals surface area contributed by atoms with Gasteiger partial charge in [-0.3, -0.25) is 0 Å². The van der Waals surface area contributed by atoms with E-state index >= 15 is 0 Å². The highest BCUT2D eigenvalue weighted by molar-refractivity contribution is 5.27. The van der Waals surface area contributed by atoms with E-state index in [9.17, 15) is 0 Å². The summed E-state index contributed by atoms with van der Waals surface area (Å²) < 4.78 is 0. The fourth-order valence-electron chi connectivity index (χ4n) is 3.92. The maximum absolute atomic E-state index is 3.71. The Morgan fingerprint density at radius 1 is 1.33 bits per heavy atom. The van der Waals surface area contributed by atoms with Gasteiger partial charge in [0.2, 0.25) is 0 Å². The van der Waals surface area contributed by atoms with Crippen LogP contribution in [0.5, 0.6) is 0 Å². The van der Waals surface area contributed by atoms with E-state index < -0.39 is 0 Å². The van der Waals surface area contributed by atoms with Crippen molar-refractivity contribution in [2.75, 3.05) is 6.54 Å². The van der Waals surface area contributed by atoms with E-state index in [1.165, 1.54) is 38.6 Å². The van der Waals surface area contributed by atoms with E-state index in [0.29, 0.717) is 5.41 Å². The van der Waals surface area contributed by atoms with Crippen molar-refractivity contribution in [2.24, 2.45) is 17.3 Å². The molecule has 1 heterocycles. The Morgan fingerprint density at radius 3 is 2.80 bits per heavy atom. The molecule has 3 aliphatic carbocycles. The van der Waals surface area contributed by atoms with Crippen LogP contribution in [-0.2, 0) is 0 Å². The molecular formula is C14H23N. The number of hydrogen-bond donors (Lipinski definition) is 1. The van der Waals surface area contributed by atoms with Crippen LogP contribution in [-0.4, -0.2) is 12.6 Å². The van der Waals surface area contributed by atoms with Gasteiger partial charge in [-0.2, -0.15) is 0 Å². The molecule has 0 spiro atoms. The monoisotopic (exact) mass is 205 g/mol. The lowest BCUT2D eigenvalue weighted by molar-refractivity contribution is -0.0118. The number of fused-ring (bicyclic) bond motifs is 1. The van der Waals surface area contributed by atoms with Crippen LogP contribution < -0.4 is 5.32 Å². The topological polar surface area (TPSA) is 12.0 Å². The molecule has 0 radical (unpaired) electrons. The van der Waals surface area contributed by atoms with Crippen LogP contribution >= 0.6 is 0 Å². The second-order valence-corrected chi connectivity index (χ2v) is 6.25. The van der Waals surface area contributed by atoms with Crippen molar-refractivity contribution in [1.29, 1.82) is 0 Å². The van der Waals surface area contributed by atoms with Crippen LogP contribution in [0.1, 0.15) is 46.0 Å². The van der Waals surface area contributed by atoms with Gasteiger partial charge in [0.15, 0.2) is 0 Å². The molecule has 84 valence electrons. The first-order chi connectivity index (χ1) is 7.19. The molecule has 1 heteroatoms. The van der Waals surface area contributed by atoms with Gasteiger partial charge in [-0.1, -0.05) is 31.9 Å². The number of allylic oxidation sites excluding steroid dienone is 1. The average molecular weight is 205 g/mol. The lowest BCUT2D eigenvalue weighted by Gasteiger charge is -2.58. The van der Waals surface area contributed by atoms with Crippen LogP contribution in [0.4, 0.5) is 0 Å². The molecule has 0 aromatic heterocycles. The second kappa shape index (κ2) is 3.35. The quantitative estimate of drug-likeness (QED) is 0.649. The van der Waals surface area contributed by atoms with Crippen LogP contribution in [0, 0.1) is 17.3 Å². The Labute approximate surface area is 93.3 Å². The molecule has 3 unspecified atom stereocenters. The van der Waals surface area contributed by atoms with Crippen molar-refractivity contribution < 1.29 is 0 Å². The molecule has 2 bridgehead atoms. The van der Waals surface area contributed by atoms with Crippen LogP contribution in [0.25, 0.3) is 0 Å². The van der Waals surface area contributed by atoms with E-state index in [1.54, 1.807) is 5.57 Å². The van der Waals surface area contributed by atoms with Gasteiger partial charge in [-0.05, 0) is 49.5 Å². The van der Waals surface area contributed by atoms with Gasteiger partial charge in [0.05, 0.1) is 0 Å². The van der Waals surface area contributed by atoms with Gasteiger partial charge >= 0.3 is 0 Å². The fraction of sp³-hybridized carbons (Fsp3) is 0.857. The first-order valence-corrected chi connectivity index (χ1v) is 6.63. The summed E-state index contributed by atoms with van der Waals surface area (Å²) in [5.41, 5.74) is 2.37. The average Bonchev–Trinajstić information content (AvgIpc) is 2.30. The minimum Gasteiger partial charge on any atom is -0.310 e. The highest BCUT2D eigenvalue weighted by atomic mass is 14.9. The van der Waals surface area contributed by atoms with Crippen molar-refractivity contribution in [3.63, 3.8) is 0 Å². The molecule has 4 aliphatic rings. The molecule has 2 fully saturated rings. The first kappa shape index (κ1) is 9.89. The minimum atomic E-state index is 0.600. The molecule has 0 aromatic carbocycles. The molecule has 3 atom stereocenters. The molecule has 1 saturated heterocycles. The summed E-state index contributed by atoms with van der Waals surface area (Å²) in [6, 6.07) is 0.726. The Morgan fingerprint density at radius 2 is 2.20 bits per heavy atom. The van der Waals surface area contributed by atoms with Crippen molar-refractivity contribution in [1.82, 2.24) is 5.32 Å². The maximum Gasteiger partial charge on any atom is 0.0282 e. The van der Waals surface area contributed by atoms with Gasteiger partial charge in [0, 0.05) is 6.04 Å². The summed E-state index contributed by atoms with van der Waals surface area (Å²) in [5.74, 6) is 1.88. The Hall–Kier alpha value is -0.300. The zero-order valence-electron chi connectivity index (χ0n) is 10.1. The zero-order valence-corrected chi connectivity index (χ0v) is 10.1. The molecule has 15 heavy (non-hydrogen) atoms. The maximum atomic E-state index is 3.71. The minimum absolute atomic E-state index is 0.600. The van der Waals surface area contributed by atoms with E-state index in [4.69, 9.17) is 0 Å². The molecule has 0 amide bonds. The summed E-state index contributed by atoms with van der Waals surface area (Å²) in [4.78, 5) is 0. The van der Waals surface area contributed by atoms with Crippen molar-refractivity contribution in [3.05, 3.63) is 11.6 Å². The summed E-state index contributed by atoms with van der Waals surface area (Å²) in [5, 5.41) is 3.71. The normalized spacial score (nSPS) is 43.1. The molecule has 1 N–H and O–H groups in total. The number of nitrogens with one attached hydrogen (secondary N) is 1. The van der Waals surface area contributed by atoms with Crippen molar-refractivity contribution in [2.45, 2.75) is 52.0 Å². The standard InChI is InChI=1S/C14H23N/c1-14(2)10-6-7-11(12(14)9-10)13-5-3-4-8-15-13/h7,10,12-13,15H,3-6,8-9H2,1-2H3. The van der Waals surface area contributed by atoms with E-state index in [0.717, 1.165) is 17.9 Å². The summed E-state index contributed by atoms with van der Waals surface area (Å²) in [6.07, 6.45) is 9.55. The van der Waals surface area contributed by atoms with Gasteiger partial charge in [0.25, 0.3) is 0 Å². The summed E-state index contributed by atoms with van der Waals surface area (Å²) in [6.45, 7) is 6.18.